The zero-order valence-electron chi connectivity index (χ0n) is 22.4. The number of carbonyl (C=O) groups is 1. The fourth-order valence-electron chi connectivity index (χ4n) is 5.44. The average molecular weight is 588 g/mol. The summed E-state index contributed by atoms with van der Waals surface area (Å²) in [7, 11) is 1.84. The van der Waals surface area contributed by atoms with E-state index < -0.39 is 5.60 Å². The fraction of sp³-hybridized carbons (Fsp3) is 0.219. The molecule has 1 unspecified atom stereocenters. The highest BCUT2D eigenvalue weighted by Gasteiger charge is 2.37. The van der Waals surface area contributed by atoms with E-state index in [9.17, 15) is 9.90 Å². The third-order valence-corrected chi connectivity index (χ3v) is 8.23. The van der Waals surface area contributed by atoms with Crippen molar-refractivity contribution in [3.63, 3.8) is 0 Å². The van der Waals surface area contributed by atoms with E-state index in [1.165, 1.54) is 0 Å². The summed E-state index contributed by atoms with van der Waals surface area (Å²) in [6, 6.07) is 22.3. The zero-order chi connectivity index (χ0) is 28.6. The van der Waals surface area contributed by atoms with Crippen LogP contribution in [0.25, 0.3) is 22.0 Å². The SMILES string of the molecule is Cn1cncc1C(O)(c1ccc(Cl)cc1)c1ccc2nc(OCCN3CCCC3=O)c(-c3ccccc3)c(Cl)c2c1. The molecule has 5 aromatic rings. The molecule has 3 aromatic carbocycles. The summed E-state index contributed by atoms with van der Waals surface area (Å²) in [6.45, 7) is 1.53. The summed E-state index contributed by atoms with van der Waals surface area (Å²) < 4.78 is 7.97. The lowest BCUT2D eigenvalue weighted by Gasteiger charge is -2.30. The summed E-state index contributed by atoms with van der Waals surface area (Å²) in [5.41, 5.74) is 2.40. The topological polar surface area (TPSA) is 80.5 Å². The number of halogens is 2. The van der Waals surface area contributed by atoms with Crippen molar-refractivity contribution in [3.8, 4) is 17.0 Å². The second kappa shape index (κ2) is 11.2. The molecule has 1 N–H and O–H groups in total. The van der Waals surface area contributed by atoms with Gasteiger partial charge in [-0.15, -0.1) is 0 Å². The maximum absolute atomic E-state index is 12.4. The molecular formula is C32H28Cl2N4O3. The van der Waals surface area contributed by atoms with Crippen LogP contribution in [0, 0.1) is 0 Å². The van der Waals surface area contributed by atoms with Crippen molar-refractivity contribution < 1.29 is 14.6 Å². The van der Waals surface area contributed by atoms with Crippen LogP contribution in [0.5, 0.6) is 5.88 Å². The molecule has 9 heteroatoms. The van der Waals surface area contributed by atoms with E-state index in [-0.39, 0.29) is 5.91 Å². The fourth-order valence-corrected chi connectivity index (χ4v) is 5.91. The summed E-state index contributed by atoms with van der Waals surface area (Å²) in [5.74, 6) is 0.545. The lowest BCUT2D eigenvalue weighted by atomic mass is 9.83. The monoisotopic (exact) mass is 586 g/mol. The molecule has 1 amide bonds. The summed E-state index contributed by atoms with van der Waals surface area (Å²) >= 11 is 13.3. The Morgan fingerprint density at radius 3 is 2.46 bits per heavy atom. The minimum Gasteiger partial charge on any atom is -0.475 e. The van der Waals surface area contributed by atoms with Gasteiger partial charge in [0.1, 0.15) is 6.61 Å². The molecule has 1 fully saturated rings. The smallest absolute Gasteiger partial charge is 0.223 e. The maximum atomic E-state index is 12.4. The van der Waals surface area contributed by atoms with Crippen molar-refractivity contribution in [3.05, 3.63) is 112 Å². The third kappa shape index (κ3) is 5.05. The number of imidazole rings is 1. The minimum absolute atomic E-state index is 0.149. The van der Waals surface area contributed by atoms with Crippen LogP contribution in [-0.4, -0.2) is 50.1 Å². The first-order valence-electron chi connectivity index (χ1n) is 13.4. The van der Waals surface area contributed by atoms with Crippen molar-refractivity contribution in [1.82, 2.24) is 19.4 Å². The van der Waals surface area contributed by atoms with Crippen molar-refractivity contribution in [2.24, 2.45) is 7.05 Å². The summed E-state index contributed by atoms with van der Waals surface area (Å²) in [6.07, 6.45) is 4.76. The number of pyridine rings is 1. The van der Waals surface area contributed by atoms with Crippen LogP contribution in [0.1, 0.15) is 29.7 Å². The average Bonchev–Trinajstić information content (AvgIpc) is 3.61. The second-order valence-corrected chi connectivity index (χ2v) is 11.0. The molecule has 3 heterocycles. The quantitative estimate of drug-likeness (QED) is 0.233. The van der Waals surface area contributed by atoms with Gasteiger partial charge in [0.2, 0.25) is 11.8 Å². The first kappa shape index (κ1) is 27.3. The maximum Gasteiger partial charge on any atom is 0.223 e. The van der Waals surface area contributed by atoms with E-state index >= 15 is 0 Å². The first-order valence-corrected chi connectivity index (χ1v) is 14.2. The molecule has 208 valence electrons. The van der Waals surface area contributed by atoms with Crippen LogP contribution in [0.2, 0.25) is 10.0 Å². The van der Waals surface area contributed by atoms with Crippen LogP contribution >= 0.6 is 23.2 Å². The molecule has 0 radical (unpaired) electrons. The molecule has 0 spiro atoms. The number of carbonyl (C=O) groups excluding carboxylic acids is 1. The molecule has 41 heavy (non-hydrogen) atoms. The molecule has 0 aliphatic carbocycles. The Morgan fingerprint density at radius 1 is 1.02 bits per heavy atom. The van der Waals surface area contributed by atoms with Crippen molar-refractivity contribution in [2.75, 3.05) is 19.7 Å². The van der Waals surface area contributed by atoms with E-state index in [1.54, 1.807) is 41.4 Å². The molecule has 0 saturated carbocycles. The Bertz CT molecular complexity index is 1720. The predicted molar refractivity (Wildman–Crippen MR) is 160 cm³/mol. The number of hydrogen-bond donors (Lipinski definition) is 1. The van der Waals surface area contributed by atoms with Crippen molar-refractivity contribution >= 4 is 40.0 Å². The molecule has 1 saturated heterocycles. The van der Waals surface area contributed by atoms with Crippen molar-refractivity contribution in [2.45, 2.75) is 18.4 Å². The van der Waals surface area contributed by atoms with Gasteiger partial charge >= 0.3 is 0 Å². The van der Waals surface area contributed by atoms with E-state index in [1.807, 2.05) is 60.5 Å². The number of aromatic nitrogens is 3. The predicted octanol–water partition coefficient (Wildman–Crippen LogP) is 6.23. The minimum atomic E-state index is -1.54. The Morgan fingerprint density at radius 2 is 1.78 bits per heavy atom. The van der Waals surface area contributed by atoms with Gasteiger partial charge in [-0.2, -0.15) is 0 Å². The normalized spacial score (nSPS) is 14.9. The lowest BCUT2D eigenvalue weighted by molar-refractivity contribution is -0.128. The highest BCUT2D eigenvalue weighted by molar-refractivity contribution is 6.38. The number of rotatable bonds is 8. The number of amides is 1. The number of benzene rings is 3. The molecule has 1 aliphatic rings. The van der Waals surface area contributed by atoms with Gasteiger partial charge in [0.15, 0.2) is 5.60 Å². The second-order valence-electron chi connectivity index (χ2n) is 10.1. The third-order valence-electron chi connectivity index (χ3n) is 7.59. The van der Waals surface area contributed by atoms with Crippen LogP contribution < -0.4 is 4.74 Å². The number of hydrogen-bond acceptors (Lipinski definition) is 5. The van der Waals surface area contributed by atoms with Gasteiger partial charge in [-0.3, -0.25) is 4.79 Å². The Hall–Kier alpha value is -3.91. The molecule has 0 bridgehead atoms. The van der Waals surface area contributed by atoms with Gasteiger partial charge in [0.05, 0.1) is 40.9 Å². The molecule has 2 aromatic heterocycles. The number of ether oxygens (including phenoxy) is 1. The number of fused-ring (bicyclic) bond motifs is 1. The Labute approximate surface area is 247 Å². The van der Waals surface area contributed by atoms with Crippen LogP contribution in [0.4, 0.5) is 0 Å². The van der Waals surface area contributed by atoms with Gasteiger partial charge < -0.3 is 19.3 Å². The highest BCUT2D eigenvalue weighted by Crippen LogP contribution is 2.43. The number of aryl methyl sites for hydroxylation is 1. The van der Waals surface area contributed by atoms with Gasteiger partial charge in [-0.1, -0.05) is 71.7 Å². The van der Waals surface area contributed by atoms with E-state index in [4.69, 9.17) is 32.9 Å². The van der Waals surface area contributed by atoms with E-state index in [0.717, 1.165) is 18.5 Å². The molecule has 7 nitrogen and oxygen atoms in total. The van der Waals surface area contributed by atoms with E-state index in [2.05, 4.69) is 4.98 Å². The van der Waals surface area contributed by atoms with Crippen LogP contribution in [0.3, 0.4) is 0 Å². The zero-order valence-corrected chi connectivity index (χ0v) is 23.9. The van der Waals surface area contributed by atoms with Crippen LogP contribution in [0.15, 0.2) is 85.3 Å². The van der Waals surface area contributed by atoms with Crippen LogP contribution in [-0.2, 0) is 17.4 Å². The Kier molecular flexibility index (Phi) is 7.43. The lowest BCUT2D eigenvalue weighted by Crippen LogP contribution is -2.31. The van der Waals surface area contributed by atoms with Gasteiger partial charge in [-0.05, 0) is 47.4 Å². The molecule has 6 rings (SSSR count). The standard InChI is InChI=1S/C32H28Cl2N4O3/c1-37-20-35-19-27(37)32(40,22-9-12-24(33)13-10-22)23-11-14-26-25(18-23)30(34)29(21-6-3-2-4-7-21)31(36-26)41-17-16-38-15-5-8-28(38)39/h2-4,6-7,9-14,18-20,40H,5,8,15-17H2,1H3. The number of nitrogens with zero attached hydrogens (tertiary/aromatic N) is 4. The number of likely N-dealkylation sites (tertiary alicyclic amines) is 1. The highest BCUT2D eigenvalue weighted by atomic mass is 35.5. The molecule has 1 atom stereocenters. The van der Waals surface area contributed by atoms with Gasteiger partial charge in [-0.25, -0.2) is 9.97 Å². The van der Waals surface area contributed by atoms with Gasteiger partial charge in [0, 0.05) is 30.4 Å². The first-order chi connectivity index (χ1) is 19.9. The summed E-state index contributed by atoms with van der Waals surface area (Å²) in [4.78, 5) is 23.0. The Balaban J connectivity index is 1.48. The van der Waals surface area contributed by atoms with E-state index in [0.29, 0.717) is 68.8 Å². The molecular weight excluding hydrogens is 559 g/mol. The largest absolute Gasteiger partial charge is 0.475 e. The molecule has 1 aliphatic heterocycles. The number of aliphatic hydroxyl groups is 1. The summed E-state index contributed by atoms with van der Waals surface area (Å²) in [5, 5.41) is 14.1. The van der Waals surface area contributed by atoms with Crippen molar-refractivity contribution in [1.29, 1.82) is 0 Å². The van der Waals surface area contributed by atoms with Gasteiger partial charge in [0.25, 0.3) is 0 Å².